The summed E-state index contributed by atoms with van der Waals surface area (Å²) in [4.78, 5) is 10.4. The van der Waals surface area contributed by atoms with Crippen molar-refractivity contribution in [1.29, 1.82) is 0 Å². The Morgan fingerprint density at radius 3 is 2.75 bits per heavy atom. The molecular formula is C12H15ClO3. The molecule has 0 aromatic heterocycles. The highest BCUT2D eigenvalue weighted by atomic mass is 35.5. The summed E-state index contributed by atoms with van der Waals surface area (Å²) in [5.74, 6) is 1.28. The molecule has 0 saturated carbocycles. The van der Waals surface area contributed by atoms with Gasteiger partial charge in [0.05, 0.1) is 13.7 Å². The van der Waals surface area contributed by atoms with E-state index in [1.807, 2.05) is 6.92 Å². The molecule has 0 amide bonds. The summed E-state index contributed by atoms with van der Waals surface area (Å²) in [5.41, 5.74) is 0.829. The minimum Gasteiger partial charge on any atom is -0.493 e. The summed E-state index contributed by atoms with van der Waals surface area (Å²) in [5, 5.41) is 0.603. The van der Waals surface area contributed by atoms with Gasteiger partial charge in [0.2, 0.25) is 0 Å². The molecule has 0 spiro atoms. The monoisotopic (exact) mass is 242 g/mol. The van der Waals surface area contributed by atoms with Gasteiger partial charge in [-0.25, -0.2) is 0 Å². The number of rotatable bonds is 6. The number of carbonyl (C=O) groups excluding carboxylic acids is 1. The van der Waals surface area contributed by atoms with E-state index >= 15 is 0 Å². The molecule has 0 atom stereocenters. The lowest BCUT2D eigenvalue weighted by Gasteiger charge is -2.14. The molecule has 88 valence electrons. The van der Waals surface area contributed by atoms with Crippen LogP contribution in [0.15, 0.2) is 12.1 Å². The van der Waals surface area contributed by atoms with Crippen LogP contribution in [0.1, 0.15) is 18.9 Å². The third kappa shape index (κ3) is 2.89. The first-order chi connectivity index (χ1) is 7.74. The van der Waals surface area contributed by atoms with Gasteiger partial charge in [0, 0.05) is 17.0 Å². The van der Waals surface area contributed by atoms with Gasteiger partial charge >= 0.3 is 0 Å². The topological polar surface area (TPSA) is 35.5 Å². The number of hydrogen-bond acceptors (Lipinski definition) is 3. The summed E-state index contributed by atoms with van der Waals surface area (Å²) >= 11 is 6.08. The van der Waals surface area contributed by atoms with Gasteiger partial charge < -0.3 is 14.3 Å². The van der Waals surface area contributed by atoms with Crippen molar-refractivity contribution in [2.75, 3.05) is 13.7 Å². The minimum absolute atomic E-state index is 0.424. The highest BCUT2D eigenvalue weighted by Gasteiger charge is 2.13. The van der Waals surface area contributed by atoms with Gasteiger partial charge in [0.25, 0.3) is 0 Å². The minimum atomic E-state index is 0.424. The van der Waals surface area contributed by atoms with E-state index in [-0.39, 0.29) is 0 Å². The van der Waals surface area contributed by atoms with E-state index in [1.54, 1.807) is 19.2 Å². The molecule has 0 fully saturated rings. The van der Waals surface area contributed by atoms with Crippen molar-refractivity contribution in [3.05, 3.63) is 22.7 Å². The number of benzene rings is 1. The lowest BCUT2D eigenvalue weighted by Crippen LogP contribution is -2.01. The normalized spacial score (nSPS) is 9.94. The van der Waals surface area contributed by atoms with Crippen LogP contribution in [-0.4, -0.2) is 20.0 Å². The first-order valence-electron chi connectivity index (χ1n) is 5.16. The molecule has 16 heavy (non-hydrogen) atoms. The predicted octanol–water partition coefficient (Wildman–Crippen LogP) is 2.88. The molecule has 1 aromatic rings. The molecule has 0 saturated heterocycles. The fraction of sp³-hybridized carbons (Fsp3) is 0.417. The molecular weight excluding hydrogens is 228 g/mol. The van der Waals surface area contributed by atoms with Crippen molar-refractivity contribution < 1.29 is 14.3 Å². The third-order valence-electron chi connectivity index (χ3n) is 2.19. The summed E-state index contributed by atoms with van der Waals surface area (Å²) in [6, 6.07) is 3.51. The Morgan fingerprint density at radius 2 is 2.19 bits per heavy atom. The van der Waals surface area contributed by atoms with Crippen molar-refractivity contribution in [2.24, 2.45) is 0 Å². The second kappa shape index (κ2) is 6.38. The van der Waals surface area contributed by atoms with Crippen LogP contribution in [0.5, 0.6) is 11.5 Å². The van der Waals surface area contributed by atoms with Gasteiger partial charge in [-0.3, -0.25) is 0 Å². The van der Waals surface area contributed by atoms with Crippen molar-refractivity contribution in [1.82, 2.24) is 0 Å². The summed E-state index contributed by atoms with van der Waals surface area (Å²) in [6.07, 6.45) is 1.85. The first-order valence-corrected chi connectivity index (χ1v) is 5.54. The molecule has 1 rings (SSSR count). The molecule has 0 aliphatic heterocycles. The number of ether oxygens (including phenoxy) is 2. The van der Waals surface area contributed by atoms with Crippen LogP contribution in [0, 0.1) is 0 Å². The standard InChI is InChI=1S/C12H15ClO3/c1-3-16-12-9(5-4-8-14)10(13)6-7-11(12)15-2/h6-8H,3-5H2,1-2H3. The predicted molar refractivity (Wildman–Crippen MR) is 63.6 cm³/mol. The van der Waals surface area contributed by atoms with Crippen LogP contribution < -0.4 is 9.47 Å². The number of aldehydes is 1. The zero-order valence-electron chi connectivity index (χ0n) is 9.46. The molecule has 0 heterocycles. The number of methoxy groups -OCH3 is 1. The fourth-order valence-electron chi connectivity index (χ4n) is 1.48. The Hall–Kier alpha value is -1.22. The van der Waals surface area contributed by atoms with E-state index in [0.29, 0.717) is 36.0 Å². The maximum Gasteiger partial charge on any atom is 0.165 e. The zero-order chi connectivity index (χ0) is 12.0. The zero-order valence-corrected chi connectivity index (χ0v) is 10.2. The second-order valence-electron chi connectivity index (χ2n) is 3.20. The lowest BCUT2D eigenvalue weighted by atomic mass is 10.1. The fourth-order valence-corrected chi connectivity index (χ4v) is 1.73. The Morgan fingerprint density at radius 1 is 1.44 bits per heavy atom. The summed E-state index contributed by atoms with van der Waals surface area (Å²) < 4.78 is 10.7. The van der Waals surface area contributed by atoms with E-state index < -0.39 is 0 Å². The molecule has 0 aliphatic rings. The van der Waals surface area contributed by atoms with Gasteiger partial charge in [0.15, 0.2) is 11.5 Å². The number of hydrogen-bond donors (Lipinski definition) is 0. The van der Waals surface area contributed by atoms with Gasteiger partial charge in [-0.15, -0.1) is 0 Å². The summed E-state index contributed by atoms with van der Waals surface area (Å²) in [7, 11) is 1.58. The molecule has 0 bridgehead atoms. The summed E-state index contributed by atoms with van der Waals surface area (Å²) in [6.45, 7) is 2.43. The molecule has 0 aliphatic carbocycles. The smallest absolute Gasteiger partial charge is 0.165 e. The van der Waals surface area contributed by atoms with Gasteiger partial charge in [-0.2, -0.15) is 0 Å². The first kappa shape index (κ1) is 12.8. The Balaban J connectivity index is 3.12. The number of carbonyl (C=O) groups is 1. The van der Waals surface area contributed by atoms with Crippen LogP contribution in [0.2, 0.25) is 5.02 Å². The molecule has 1 aromatic carbocycles. The van der Waals surface area contributed by atoms with E-state index in [2.05, 4.69) is 0 Å². The largest absolute Gasteiger partial charge is 0.493 e. The quantitative estimate of drug-likeness (QED) is 0.720. The van der Waals surface area contributed by atoms with Gasteiger partial charge in [-0.1, -0.05) is 11.6 Å². The molecule has 3 nitrogen and oxygen atoms in total. The lowest BCUT2D eigenvalue weighted by molar-refractivity contribution is -0.107. The highest BCUT2D eigenvalue weighted by Crippen LogP contribution is 2.36. The van der Waals surface area contributed by atoms with Crippen LogP contribution in [0.25, 0.3) is 0 Å². The average Bonchev–Trinajstić information content (AvgIpc) is 2.29. The van der Waals surface area contributed by atoms with Crippen molar-refractivity contribution in [3.8, 4) is 11.5 Å². The van der Waals surface area contributed by atoms with E-state index in [0.717, 1.165) is 11.8 Å². The molecule has 0 unspecified atom stereocenters. The Bertz CT molecular complexity index is 364. The van der Waals surface area contributed by atoms with E-state index in [1.165, 1.54) is 0 Å². The Kier molecular flexibility index (Phi) is 5.12. The maximum atomic E-state index is 10.4. The van der Waals surface area contributed by atoms with E-state index in [4.69, 9.17) is 21.1 Å². The van der Waals surface area contributed by atoms with Crippen LogP contribution in [0.3, 0.4) is 0 Å². The van der Waals surface area contributed by atoms with Gasteiger partial charge in [-0.05, 0) is 25.5 Å². The van der Waals surface area contributed by atoms with Crippen molar-refractivity contribution in [2.45, 2.75) is 19.8 Å². The molecule has 0 N–H and O–H groups in total. The van der Waals surface area contributed by atoms with Gasteiger partial charge in [0.1, 0.15) is 6.29 Å². The highest BCUT2D eigenvalue weighted by molar-refractivity contribution is 6.31. The average molecular weight is 243 g/mol. The Labute approximate surface area is 100 Å². The van der Waals surface area contributed by atoms with Crippen LogP contribution in [0.4, 0.5) is 0 Å². The number of halogens is 1. The maximum absolute atomic E-state index is 10.4. The van der Waals surface area contributed by atoms with Crippen molar-refractivity contribution >= 4 is 17.9 Å². The van der Waals surface area contributed by atoms with E-state index in [9.17, 15) is 4.79 Å². The SMILES string of the molecule is CCOc1c(OC)ccc(Cl)c1CCC=O. The van der Waals surface area contributed by atoms with Crippen LogP contribution in [-0.2, 0) is 11.2 Å². The molecule has 0 radical (unpaired) electrons. The molecule has 4 heteroatoms. The van der Waals surface area contributed by atoms with Crippen molar-refractivity contribution in [3.63, 3.8) is 0 Å². The second-order valence-corrected chi connectivity index (χ2v) is 3.60. The third-order valence-corrected chi connectivity index (χ3v) is 2.54. The van der Waals surface area contributed by atoms with Crippen LogP contribution >= 0.6 is 11.6 Å².